The van der Waals surface area contributed by atoms with Gasteiger partial charge in [0.25, 0.3) is 0 Å². The number of rotatable bonds is 3. The van der Waals surface area contributed by atoms with Crippen molar-refractivity contribution in [2.75, 3.05) is 24.5 Å². The highest BCUT2D eigenvalue weighted by Crippen LogP contribution is 2.37. The summed E-state index contributed by atoms with van der Waals surface area (Å²) in [5.41, 5.74) is 5.78. The van der Waals surface area contributed by atoms with E-state index in [2.05, 4.69) is 51.9 Å². The van der Waals surface area contributed by atoms with E-state index < -0.39 is 0 Å². The van der Waals surface area contributed by atoms with Crippen LogP contribution in [0.15, 0.2) is 14.3 Å². The first kappa shape index (κ1) is 14.5. The molecule has 1 aliphatic rings. The van der Waals surface area contributed by atoms with Crippen molar-refractivity contribution >= 4 is 49.1 Å². The second-order valence-electron chi connectivity index (χ2n) is 4.91. The fourth-order valence-electron chi connectivity index (χ4n) is 2.41. The highest BCUT2D eigenvalue weighted by atomic mass is 79.9. The highest BCUT2D eigenvalue weighted by Gasteiger charge is 2.22. The van der Waals surface area contributed by atoms with Crippen molar-refractivity contribution in [3.05, 3.63) is 14.3 Å². The van der Waals surface area contributed by atoms with Crippen LogP contribution >= 0.6 is 43.2 Å². The lowest BCUT2D eigenvalue weighted by Gasteiger charge is -2.31. The summed E-state index contributed by atoms with van der Waals surface area (Å²) >= 11 is 8.62. The summed E-state index contributed by atoms with van der Waals surface area (Å²) in [6, 6.07) is 2.04. The summed E-state index contributed by atoms with van der Waals surface area (Å²) in [6.07, 6.45) is 2.36. The largest absolute Gasteiger partial charge is 0.339 e. The number of anilines is 1. The van der Waals surface area contributed by atoms with E-state index in [0.29, 0.717) is 5.92 Å². The van der Waals surface area contributed by atoms with Gasteiger partial charge in [-0.25, -0.2) is 0 Å². The van der Waals surface area contributed by atoms with Gasteiger partial charge in [-0.2, -0.15) is 4.98 Å². The first-order valence-electron chi connectivity index (χ1n) is 6.50. The number of hydrogen-bond donors (Lipinski definition) is 2. The van der Waals surface area contributed by atoms with E-state index in [-0.39, 0.29) is 0 Å². The van der Waals surface area contributed by atoms with Crippen LogP contribution in [0.2, 0.25) is 0 Å². The fourth-order valence-corrected chi connectivity index (χ4v) is 4.38. The van der Waals surface area contributed by atoms with E-state index in [1.807, 2.05) is 6.07 Å². The molecule has 8 heteroatoms. The average molecular weight is 421 g/mol. The predicted molar refractivity (Wildman–Crippen MR) is 89.1 cm³/mol. The molecule has 0 aliphatic carbocycles. The van der Waals surface area contributed by atoms with E-state index in [1.54, 1.807) is 11.3 Å². The maximum atomic E-state index is 5.78. The minimum absolute atomic E-state index is 0.552. The molecule has 0 amide bonds. The summed E-state index contributed by atoms with van der Waals surface area (Å²) < 4.78 is 2.10. The molecular weight excluding hydrogens is 406 g/mol. The van der Waals surface area contributed by atoms with Gasteiger partial charge < -0.3 is 10.6 Å². The molecule has 3 N–H and O–H groups in total. The number of H-pyrrole nitrogens is 1. The second-order valence-corrected chi connectivity index (χ2v) is 8.13. The number of nitrogens with one attached hydrogen (secondary N) is 1. The van der Waals surface area contributed by atoms with E-state index in [0.717, 1.165) is 51.0 Å². The Kier molecular flexibility index (Phi) is 4.44. The van der Waals surface area contributed by atoms with Crippen molar-refractivity contribution < 1.29 is 0 Å². The molecule has 1 unspecified atom stereocenters. The first-order chi connectivity index (χ1) is 9.67. The van der Waals surface area contributed by atoms with E-state index in [4.69, 9.17) is 5.73 Å². The smallest absolute Gasteiger partial charge is 0.245 e. The number of hydrogen-bond acceptors (Lipinski definition) is 5. The topological polar surface area (TPSA) is 70.8 Å². The summed E-state index contributed by atoms with van der Waals surface area (Å²) in [5.74, 6) is 2.14. The van der Waals surface area contributed by atoms with Gasteiger partial charge >= 0.3 is 0 Å². The van der Waals surface area contributed by atoms with Crippen LogP contribution in [0.3, 0.4) is 0 Å². The van der Waals surface area contributed by atoms with Crippen LogP contribution in [0.5, 0.6) is 0 Å². The Hall–Kier alpha value is -0.440. The fraction of sp³-hybridized carbons (Fsp3) is 0.500. The first-order valence-corrected chi connectivity index (χ1v) is 8.90. The number of aromatic nitrogens is 3. The van der Waals surface area contributed by atoms with Crippen LogP contribution in [-0.2, 0) is 0 Å². The van der Waals surface area contributed by atoms with Crippen molar-refractivity contribution in [2.45, 2.75) is 12.8 Å². The number of nitrogens with two attached hydrogens (primary N) is 1. The molecule has 108 valence electrons. The Morgan fingerprint density at radius 3 is 3.05 bits per heavy atom. The zero-order chi connectivity index (χ0) is 14.1. The third-order valence-corrected chi connectivity index (χ3v) is 6.75. The summed E-state index contributed by atoms with van der Waals surface area (Å²) in [7, 11) is 0. The van der Waals surface area contributed by atoms with Crippen LogP contribution in [0.25, 0.3) is 10.7 Å². The van der Waals surface area contributed by atoms with Gasteiger partial charge in [-0.05, 0) is 63.2 Å². The van der Waals surface area contributed by atoms with Crippen LogP contribution in [0.4, 0.5) is 5.95 Å². The Bertz CT molecular complexity index is 577. The monoisotopic (exact) mass is 419 g/mol. The van der Waals surface area contributed by atoms with Crippen molar-refractivity contribution in [1.29, 1.82) is 0 Å². The molecule has 1 aliphatic heterocycles. The minimum Gasteiger partial charge on any atom is -0.339 e. The standard InChI is InChI=1S/C12H15Br2N5S/c13-8-4-9(20-10(8)14)11-16-12(18-17-11)19-3-1-2-7(5-15)6-19/h4,7H,1-3,5-6,15H2,(H,16,17,18). The summed E-state index contributed by atoms with van der Waals surface area (Å²) in [4.78, 5) is 7.90. The molecular formula is C12H15Br2N5S. The molecule has 5 nitrogen and oxygen atoms in total. The Labute approximate surface area is 138 Å². The van der Waals surface area contributed by atoms with Crippen molar-refractivity contribution in [3.63, 3.8) is 0 Å². The maximum absolute atomic E-state index is 5.78. The van der Waals surface area contributed by atoms with Crippen molar-refractivity contribution in [1.82, 2.24) is 15.2 Å². The lowest BCUT2D eigenvalue weighted by atomic mass is 9.99. The molecule has 0 radical (unpaired) electrons. The number of piperidine rings is 1. The third-order valence-electron chi connectivity index (χ3n) is 3.49. The highest BCUT2D eigenvalue weighted by molar-refractivity contribution is 9.13. The Morgan fingerprint density at radius 1 is 1.50 bits per heavy atom. The zero-order valence-corrected chi connectivity index (χ0v) is 14.8. The predicted octanol–water partition coefficient (Wildman–Crippen LogP) is 3.23. The quantitative estimate of drug-likeness (QED) is 0.799. The molecule has 2 aromatic heterocycles. The molecule has 0 bridgehead atoms. The molecule has 3 rings (SSSR count). The molecule has 3 heterocycles. The maximum Gasteiger partial charge on any atom is 0.245 e. The van der Waals surface area contributed by atoms with Crippen LogP contribution < -0.4 is 10.6 Å². The van der Waals surface area contributed by atoms with Gasteiger partial charge in [0.15, 0.2) is 5.82 Å². The Balaban J connectivity index is 1.79. The van der Waals surface area contributed by atoms with Crippen LogP contribution in [-0.4, -0.2) is 34.8 Å². The number of halogens is 2. The number of thiophene rings is 1. The molecule has 0 aromatic carbocycles. The molecule has 0 spiro atoms. The number of nitrogens with zero attached hydrogens (tertiary/aromatic N) is 3. The van der Waals surface area contributed by atoms with Gasteiger partial charge in [0.1, 0.15) is 0 Å². The second kappa shape index (κ2) is 6.13. The average Bonchev–Trinajstić information content (AvgIpc) is 3.07. The van der Waals surface area contributed by atoms with Crippen LogP contribution in [0, 0.1) is 5.92 Å². The minimum atomic E-state index is 0.552. The number of aromatic amines is 1. The van der Waals surface area contributed by atoms with Gasteiger partial charge in [-0.15, -0.1) is 16.4 Å². The zero-order valence-electron chi connectivity index (χ0n) is 10.8. The molecule has 0 saturated carbocycles. The van der Waals surface area contributed by atoms with Gasteiger partial charge in [0.2, 0.25) is 5.95 Å². The Morgan fingerprint density at radius 2 is 2.35 bits per heavy atom. The van der Waals surface area contributed by atoms with Gasteiger partial charge in [0.05, 0.1) is 8.66 Å². The van der Waals surface area contributed by atoms with Gasteiger partial charge in [-0.3, -0.25) is 5.10 Å². The summed E-state index contributed by atoms with van der Waals surface area (Å²) in [5, 5.41) is 7.38. The van der Waals surface area contributed by atoms with Crippen molar-refractivity contribution in [2.24, 2.45) is 11.7 Å². The van der Waals surface area contributed by atoms with Gasteiger partial charge in [0, 0.05) is 17.6 Å². The molecule has 1 saturated heterocycles. The van der Waals surface area contributed by atoms with Crippen LogP contribution in [0.1, 0.15) is 12.8 Å². The molecule has 2 aromatic rings. The normalized spacial score (nSPS) is 19.6. The van der Waals surface area contributed by atoms with E-state index >= 15 is 0 Å². The lowest BCUT2D eigenvalue weighted by molar-refractivity contribution is 0.420. The summed E-state index contributed by atoms with van der Waals surface area (Å²) in [6.45, 7) is 2.69. The molecule has 20 heavy (non-hydrogen) atoms. The third kappa shape index (κ3) is 2.93. The molecule has 1 fully saturated rings. The van der Waals surface area contributed by atoms with Crippen molar-refractivity contribution in [3.8, 4) is 10.7 Å². The van der Waals surface area contributed by atoms with E-state index in [9.17, 15) is 0 Å². The van der Waals surface area contributed by atoms with Gasteiger partial charge in [-0.1, -0.05) is 0 Å². The lowest BCUT2D eigenvalue weighted by Crippen LogP contribution is -2.38. The SMILES string of the molecule is NCC1CCCN(c2n[nH]c(-c3cc(Br)c(Br)s3)n2)C1. The molecule has 1 atom stereocenters. The van der Waals surface area contributed by atoms with E-state index in [1.165, 1.54) is 6.42 Å².